The van der Waals surface area contributed by atoms with Gasteiger partial charge in [0, 0.05) is 18.8 Å². The van der Waals surface area contributed by atoms with Gasteiger partial charge in [-0.05, 0) is 48.9 Å². The van der Waals surface area contributed by atoms with Gasteiger partial charge in [-0.25, -0.2) is 0 Å². The number of benzene rings is 2. The van der Waals surface area contributed by atoms with Gasteiger partial charge in [-0.2, -0.15) is 0 Å². The first-order valence-electron chi connectivity index (χ1n) is 11.2. The fourth-order valence-corrected chi connectivity index (χ4v) is 4.67. The second kappa shape index (κ2) is 10.7. The molecule has 32 heavy (non-hydrogen) atoms. The molecule has 0 spiro atoms. The molecule has 0 atom stereocenters. The maximum absolute atomic E-state index is 13.1. The van der Waals surface area contributed by atoms with E-state index in [9.17, 15) is 4.79 Å². The van der Waals surface area contributed by atoms with Crippen molar-refractivity contribution in [2.75, 3.05) is 17.2 Å². The lowest BCUT2D eigenvalue weighted by Crippen LogP contribution is -2.36. The fourth-order valence-electron chi connectivity index (χ4n) is 3.81. The van der Waals surface area contributed by atoms with Crippen molar-refractivity contribution >= 4 is 23.4 Å². The van der Waals surface area contributed by atoms with E-state index in [1.807, 2.05) is 53.4 Å². The largest absolute Gasteiger partial charge is 0.486 e. The number of aryl methyl sites for hydroxylation is 1. The van der Waals surface area contributed by atoms with E-state index >= 15 is 0 Å². The van der Waals surface area contributed by atoms with E-state index in [0.717, 1.165) is 54.8 Å². The summed E-state index contributed by atoms with van der Waals surface area (Å²) in [5.74, 6) is 2.60. The highest BCUT2D eigenvalue weighted by molar-refractivity contribution is 7.99. The van der Waals surface area contributed by atoms with Gasteiger partial charge in [0.1, 0.15) is 12.4 Å². The number of ether oxygens (including phenoxy) is 1. The molecule has 0 fully saturated rings. The molecule has 168 valence electrons. The van der Waals surface area contributed by atoms with Crippen LogP contribution in [0.2, 0.25) is 0 Å². The van der Waals surface area contributed by atoms with E-state index in [0.29, 0.717) is 18.3 Å². The summed E-state index contributed by atoms with van der Waals surface area (Å²) in [4.78, 5) is 15.0. The molecule has 2 heterocycles. The molecule has 3 aromatic rings. The molecule has 4 rings (SSSR count). The molecule has 0 radical (unpaired) electrons. The van der Waals surface area contributed by atoms with E-state index in [1.165, 1.54) is 17.3 Å². The monoisotopic (exact) mass is 450 g/mol. The minimum Gasteiger partial charge on any atom is -0.486 e. The Hall–Kier alpha value is -2.80. The molecule has 1 aromatic heterocycles. The summed E-state index contributed by atoms with van der Waals surface area (Å²) in [5, 5.41) is 9.54. The highest BCUT2D eigenvalue weighted by Gasteiger charge is 2.23. The number of fused-ring (bicyclic) bond motifs is 1. The number of carbonyl (C=O) groups is 1. The number of aromatic nitrogens is 3. The van der Waals surface area contributed by atoms with Crippen LogP contribution in [0.3, 0.4) is 0 Å². The summed E-state index contributed by atoms with van der Waals surface area (Å²) in [6, 6.07) is 17.9. The summed E-state index contributed by atoms with van der Waals surface area (Å²) in [6.45, 7) is 6.33. The average molecular weight is 451 g/mol. The van der Waals surface area contributed by atoms with Crippen LogP contribution in [0.1, 0.15) is 38.1 Å². The number of para-hydroxylation sites is 2. The summed E-state index contributed by atoms with van der Waals surface area (Å²) in [7, 11) is 0. The van der Waals surface area contributed by atoms with Gasteiger partial charge < -0.3 is 14.2 Å². The maximum Gasteiger partial charge on any atom is 0.237 e. The van der Waals surface area contributed by atoms with Crippen molar-refractivity contribution in [3.05, 3.63) is 66.0 Å². The molecule has 2 aromatic carbocycles. The average Bonchev–Trinajstić information content (AvgIpc) is 3.21. The lowest BCUT2D eigenvalue weighted by molar-refractivity contribution is -0.116. The minimum absolute atomic E-state index is 0.114. The Morgan fingerprint density at radius 3 is 2.69 bits per heavy atom. The molecule has 7 heteroatoms. The zero-order chi connectivity index (χ0) is 22.3. The SMILES string of the molecule is CC(C)CCn1c(COc2ccccc2)nnc1SCC(=O)N1CCCc2ccccc21. The molecular weight excluding hydrogens is 420 g/mol. The Bertz CT molecular complexity index is 1040. The number of hydrogen-bond donors (Lipinski definition) is 0. The first-order chi connectivity index (χ1) is 15.6. The topological polar surface area (TPSA) is 60.2 Å². The molecule has 6 nitrogen and oxygen atoms in total. The van der Waals surface area contributed by atoms with E-state index in [2.05, 4.69) is 34.7 Å². The molecule has 0 saturated heterocycles. The van der Waals surface area contributed by atoms with Gasteiger partial charge in [-0.1, -0.05) is 62.0 Å². The second-order valence-electron chi connectivity index (χ2n) is 8.40. The van der Waals surface area contributed by atoms with Crippen molar-refractivity contribution in [3.8, 4) is 5.75 Å². The lowest BCUT2D eigenvalue weighted by Gasteiger charge is -2.29. The Balaban J connectivity index is 1.44. The van der Waals surface area contributed by atoms with E-state index < -0.39 is 0 Å². The molecule has 0 aliphatic carbocycles. The molecule has 1 aliphatic heterocycles. The Morgan fingerprint density at radius 2 is 1.88 bits per heavy atom. The van der Waals surface area contributed by atoms with Crippen LogP contribution in [0.4, 0.5) is 5.69 Å². The smallest absolute Gasteiger partial charge is 0.237 e. The highest BCUT2D eigenvalue weighted by atomic mass is 32.2. The maximum atomic E-state index is 13.1. The number of nitrogens with zero attached hydrogens (tertiary/aromatic N) is 4. The van der Waals surface area contributed by atoms with Crippen molar-refractivity contribution in [2.24, 2.45) is 5.92 Å². The Labute approximate surface area is 194 Å². The number of rotatable bonds is 9. The van der Waals surface area contributed by atoms with Crippen LogP contribution in [-0.2, 0) is 24.4 Å². The highest BCUT2D eigenvalue weighted by Crippen LogP contribution is 2.28. The van der Waals surface area contributed by atoms with Gasteiger partial charge in [0.25, 0.3) is 0 Å². The summed E-state index contributed by atoms with van der Waals surface area (Å²) >= 11 is 1.46. The standard InChI is InChI=1S/C25H30N4O2S/c1-19(2)14-16-29-23(17-31-21-11-4-3-5-12-21)26-27-25(29)32-18-24(30)28-15-8-10-20-9-6-7-13-22(20)28/h3-7,9,11-13,19H,8,10,14-18H2,1-2H3. The first-order valence-corrected chi connectivity index (χ1v) is 12.2. The predicted molar refractivity (Wildman–Crippen MR) is 128 cm³/mol. The molecule has 0 unspecified atom stereocenters. The van der Waals surface area contributed by atoms with Crippen molar-refractivity contribution in [1.29, 1.82) is 0 Å². The number of hydrogen-bond acceptors (Lipinski definition) is 5. The third kappa shape index (κ3) is 5.51. The normalized spacial score (nSPS) is 13.3. The van der Waals surface area contributed by atoms with E-state index in [4.69, 9.17) is 4.74 Å². The predicted octanol–water partition coefficient (Wildman–Crippen LogP) is 4.97. The molecular formula is C25H30N4O2S. The van der Waals surface area contributed by atoms with Gasteiger partial charge in [-0.3, -0.25) is 4.79 Å². The van der Waals surface area contributed by atoms with Crippen molar-refractivity contribution < 1.29 is 9.53 Å². The van der Waals surface area contributed by atoms with Crippen LogP contribution in [0, 0.1) is 5.92 Å². The quantitative estimate of drug-likeness (QED) is 0.431. The van der Waals surface area contributed by atoms with E-state index in [1.54, 1.807) is 0 Å². The Kier molecular flexibility index (Phi) is 7.47. The molecule has 1 amide bonds. The van der Waals surface area contributed by atoms with Crippen LogP contribution in [0.25, 0.3) is 0 Å². The van der Waals surface area contributed by atoms with Crippen LogP contribution in [0.5, 0.6) is 5.75 Å². The molecule has 0 saturated carbocycles. The van der Waals surface area contributed by atoms with Crippen molar-refractivity contribution in [1.82, 2.24) is 14.8 Å². The van der Waals surface area contributed by atoms with Gasteiger partial charge in [0.15, 0.2) is 11.0 Å². The van der Waals surface area contributed by atoms with E-state index in [-0.39, 0.29) is 5.91 Å². The summed E-state index contributed by atoms with van der Waals surface area (Å²) < 4.78 is 8.01. The van der Waals surface area contributed by atoms with Gasteiger partial charge in [0.2, 0.25) is 5.91 Å². The van der Waals surface area contributed by atoms with Gasteiger partial charge >= 0.3 is 0 Å². The molecule has 0 bridgehead atoms. The van der Waals surface area contributed by atoms with Gasteiger partial charge in [0.05, 0.1) is 5.75 Å². The molecule has 1 aliphatic rings. The number of carbonyl (C=O) groups excluding carboxylic acids is 1. The fraction of sp³-hybridized carbons (Fsp3) is 0.400. The first kappa shape index (κ1) is 22.4. The number of anilines is 1. The summed E-state index contributed by atoms with van der Waals surface area (Å²) in [6.07, 6.45) is 3.04. The van der Waals surface area contributed by atoms with Crippen molar-refractivity contribution in [3.63, 3.8) is 0 Å². The van der Waals surface area contributed by atoms with Crippen molar-refractivity contribution in [2.45, 2.75) is 51.4 Å². The van der Waals surface area contributed by atoms with Crippen LogP contribution in [-0.4, -0.2) is 33.0 Å². The van der Waals surface area contributed by atoms with Gasteiger partial charge in [-0.15, -0.1) is 10.2 Å². The zero-order valence-corrected chi connectivity index (χ0v) is 19.6. The van der Waals surface area contributed by atoms with Crippen LogP contribution < -0.4 is 9.64 Å². The lowest BCUT2D eigenvalue weighted by atomic mass is 10.0. The zero-order valence-electron chi connectivity index (χ0n) is 18.7. The summed E-state index contributed by atoms with van der Waals surface area (Å²) in [5.41, 5.74) is 2.29. The third-order valence-corrected chi connectivity index (χ3v) is 6.52. The number of amides is 1. The Morgan fingerprint density at radius 1 is 1.09 bits per heavy atom. The molecule has 0 N–H and O–H groups in total. The minimum atomic E-state index is 0.114. The van der Waals surface area contributed by atoms with Crippen LogP contribution >= 0.6 is 11.8 Å². The third-order valence-electron chi connectivity index (χ3n) is 5.57. The van der Waals surface area contributed by atoms with Crippen LogP contribution in [0.15, 0.2) is 59.8 Å². The number of thioether (sulfide) groups is 1. The second-order valence-corrected chi connectivity index (χ2v) is 9.34.